The van der Waals surface area contributed by atoms with E-state index in [9.17, 15) is 0 Å². The summed E-state index contributed by atoms with van der Waals surface area (Å²) >= 11 is 0. The van der Waals surface area contributed by atoms with Crippen molar-refractivity contribution in [2.75, 3.05) is 13.6 Å². The van der Waals surface area contributed by atoms with Gasteiger partial charge in [0.1, 0.15) is 0 Å². The van der Waals surface area contributed by atoms with Gasteiger partial charge in [0.05, 0.1) is 6.54 Å². The average Bonchev–Trinajstić information content (AvgIpc) is 2.95. The summed E-state index contributed by atoms with van der Waals surface area (Å²) in [6.07, 6.45) is 2.58. The number of hydrogen-bond donors (Lipinski definition) is 3. The van der Waals surface area contributed by atoms with E-state index in [1.54, 1.807) is 0 Å². The number of likely N-dealkylation sites (N-methyl/N-ethyl adjacent to an activating group) is 1. The smallest absolute Gasteiger partial charge is 0.212 e. The van der Waals surface area contributed by atoms with Gasteiger partial charge in [-0.1, -0.05) is 0 Å². The Morgan fingerprint density at radius 1 is 1.77 bits per heavy atom. The van der Waals surface area contributed by atoms with Gasteiger partial charge in [-0.25, -0.2) is 5.48 Å². The Balaban J connectivity index is 2.26. The fourth-order valence-corrected chi connectivity index (χ4v) is 1.24. The molecule has 0 radical (unpaired) electrons. The third-order valence-corrected chi connectivity index (χ3v) is 2.46. The van der Waals surface area contributed by atoms with E-state index in [0.29, 0.717) is 12.6 Å². The third-order valence-electron chi connectivity index (χ3n) is 2.46. The molecule has 0 amide bonds. The van der Waals surface area contributed by atoms with Gasteiger partial charge >= 0.3 is 0 Å². The van der Waals surface area contributed by atoms with Crippen LogP contribution in [0.3, 0.4) is 0 Å². The van der Waals surface area contributed by atoms with E-state index in [1.165, 1.54) is 12.8 Å². The first-order valence-corrected chi connectivity index (χ1v) is 4.57. The zero-order valence-corrected chi connectivity index (χ0v) is 8.20. The molecule has 1 aliphatic carbocycles. The zero-order valence-electron chi connectivity index (χ0n) is 8.20. The van der Waals surface area contributed by atoms with Crippen molar-refractivity contribution < 1.29 is 5.21 Å². The Hall–Kier alpha value is -0.810. The van der Waals surface area contributed by atoms with Gasteiger partial charge in [-0.3, -0.25) is 15.1 Å². The van der Waals surface area contributed by atoms with E-state index in [0.717, 1.165) is 6.04 Å². The lowest BCUT2D eigenvalue weighted by Crippen LogP contribution is -2.35. The van der Waals surface area contributed by atoms with E-state index in [1.807, 2.05) is 5.48 Å². The van der Waals surface area contributed by atoms with Crippen molar-refractivity contribution in [3.63, 3.8) is 0 Å². The molecule has 1 rings (SSSR count). The first-order chi connectivity index (χ1) is 6.15. The van der Waals surface area contributed by atoms with Crippen LogP contribution in [0.5, 0.6) is 0 Å². The normalized spacial score (nSPS) is 20.5. The molecular formula is C8H18N4O. The topological polar surface area (TPSA) is 73.9 Å². The number of guanidine groups is 1. The number of hydroxylamine groups is 1. The van der Waals surface area contributed by atoms with Gasteiger partial charge in [-0.05, 0) is 26.8 Å². The molecule has 13 heavy (non-hydrogen) atoms. The molecule has 0 aromatic heterocycles. The summed E-state index contributed by atoms with van der Waals surface area (Å²) in [4.78, 5) is 6.27. The zero-order chi connectivity index (χ0) is 9.84. The Morgan fingerprint density at radius 3 is 2.85 bits per heavy atom. The highest BCUT2D eigenvalue weighted by Crippen LogP contribution is 2.26. The maximum atomic E-state index is 8.39. The first-order valence-electron chi connectivity index (χ1n) is 4.57. The standard InChI is InChI=1S/C8H18N4O/c1-6(5-10-8(9)11-13)12(2)7-3-4-7/h6-7,13H,3-5H2,1-2H3,(H3,9,10,11). The highest BCUT2D eigenvalue weighted by Gasteiger charge is 2.28. The highest BCUT2D eigenvalue weighted by atomic mass is 16.5. The molecule has 0 aromatic rings. The second-order valence-electron chi connectivity index (χ2n) is 3.58. The maximum Gasteiger partial charge on any atom is 0.212 e. The number of nitrogens with two attached hydrogens (primary N) is 1. The quantitative estimate of drug-likeness (QED) is 0.322. The van der Waals surface area contributed by atoms with Gasteiger partial charge in [-0.2, -0.15) is 0 Å². The maximum absolute atomic E-state index is 8.39. The molecule has 4 N–H and O–H groups in total. The van der Waals surface area contributed by atoms with Crippen molar-refractivity contribution in [3.05, 3.63) is 0 Å². The van der Waals surface area contributed by atoms with E-state index in [2.05, 4.69) is 23.9 Å². The van der Waals surface area contributed by atoms with Crippen molar-refractivity contribution in [2.45, 2.75) is 31.8 Å². The van der Waals surface area contributed by atoms with Crippen LogP contribution in [0.1, 0.15) is 19.8 Å². The molecule has 76 valence electrons. The number of aliphatic imine (C=N–C) groups is 1. The predicted octanol–water partition coefficient (Wildman–Crippen LogP) is -0.237. The van der Waals surface area contributed by atoms with Gasteiger partial charge in [0.25, 0.3) is 0 Å². The lowest BCUT2D eigenvalue weighted by molar-refractivity contribution is 0.229. The van der Waals surface area contributed by atoms with Crippen molar-refractivity contribution in [1.29, 1.82) is 0 Å². The van der Waals surface area contributed by atoms with E-state index in [4.69, 9.17) is 10.9 Å². The molecule has 1 aliphatic rings. The SMILES string of the molecule is CC(CN=C(N)NO)N(C)C1CC1. The molecule has 0 aromatic carbocycles. The van der Waals surface area contributed by atoms with Crippen LogP contribution in [0.4, 0.5) is 0 Å². The van der Waals surface area contributed by atoms with Crippen LogP contribution in [0, 0.1) is 0 Å². The van der Waals surface area contributed by atoms with Crippen molar-refractivity contribution >= 4 is 5.96 Å². The van der Waals surface area contributed by atoms with Gasteiger partial charge in [0.15, 0.2) is 0 Å². The summed E-state index contributed by atoms with van der Waals surface area (Å²) in [5.74, 6) is 0.0797. The van der Waals surface area contributed by atoms with Crippen LogP contribution < -0.4 is 11.2 Å². The lowest BCUT2D eigenvalue weighted by atomic mass is 10.3. The lowest BCUT2D eigenvalue weighted by Gasteiger charge is -2.22. The Bertz CT molecular complexity index is 191. The van der Waals surface area contributed by atoms with Crippen LogP contribution in [-0.4, -0.2) is 41.7 Å². The minimum atomic E-state index is 0.0797. The van der Waals surface area contributed by atoms with Crippen molar-refractivity contribution in [2.24, 2.45) is 10.7 Å². The second kappa shape index (κ2) is 4.43. The predicted molar refractivity (Wildman–Crippen MR) is 51.7 cm³/mol. The van der Waals surface area contributed by atoms with Crippen LogP contribution >= 0.6 is 0 Å². The fourth-order valence-electron chi connectivity index (χ4n) is 1.24. The molecule has 5 heteroatoms. The van der Waals surface area contributed by atoms with Crippen molar-refractivity contribution in [1.82, 2.24) is 10.4 Å². The number of nitrogens with zero attached hydrogens (tertiary/aromatic N) is 2. The van der Waals surface area contributed by atoms with Crippen molar-refractivity contribution in [3.8, 4) is 0 Å². The van der Waals surface area contributed by atoms with Crippen LogP contribution in [0.25, 0.3) is 0 Å². The molecule has 1 saturated carbocycles. The van der Waals surface area contributed by atoms with Crippen LogP contribution in [0.15, 0.2) is 4.99 Å². The summed E-state index contributed by atoms with van der Waals surface area (Å²) in [6, 6.07) is 1.10. The minimum absolute atomic E-state index is 0.0797. The Morgan fingerprint density at radius 2 is 2.38 bits per heavy atom. The Labute approximate surface area is 78.6 Å². The number of nitrogens with one attached hydrogen (secondary N) is 1. The average molecular weight is 186 g/mol. The summed E-state index contributed by atoms with van der Waals surface area (Å²) in [7, 11) is 2.10. The molecule has 0 heterocycles. The molecule has 0 aliphatic heterocycles. The summed E-state index contributed by atoms with van der Waals surface area (Å²) < 4.78 is 0. The molecule has 1 atom stereocenters. The summed E-state index contributed by atoms with van der Waals surface area (Å²) in [6.45, 7) is 2.72. The van der Waals surface area contributed by atoms with Gasteiger partial charge < -0.3 is 5.73 Å². The largest absolute Gasteiger partial charge is 0.368 e. The molecule has 1 fully saturated rings. The molecule has 0 saturated heterocycles. The van der Waals surface area contributed by atoms with Gasteiger partial charge in [-0.15, -0.1) is 0 Å². The molecule has 5 nitrogen and oxygen atoms in total. The van der Waals surface area contributed by atoms with Gasteiger partial charge in [0, 0.05) is 12.1 Å². The monoisotopic (exact) mass is 186 g/mol. The summed E-state index contributed by atoms with van der Waals surface area (Å²) in [5.41, 5.74) is 7.10. The van der Waals surface area contributed by atoms with Crippen LogP contribution in [-0.2, 0) is 0 Å². The van der Waals surface area contributed by atoms with Crippen LogP contribution in [0.2, 0.25) is 0 Å². The molecular weight excluding hydrogens is 168 g/mol. The molecule has 0 spiro atoms. The molecule has 0 bridgehead atoms. The second-order valence-corrected chi connectivity index (χ2v) is 3.58. The van der Waals surface area contributed by atoms with Gasteiger partial charge in [0.2, 0.25) is 5.96 Å². The first kappa shape index (κ1) is 10.3. The van der Waals surface area contributed by atoms with E-state index < -0.39 is 0 Å². The molecule has 1 unspecified atom stereocenters. The third kappa shape index (κ3) is 3.20. The summed E-state index contributed by atoms with van der Waals surface area (Å²) in [5, 5.41) is 8.39. The highest BCUT2D eigenvalue weighted by molar-refractivity contribution is 5.76. The number of rotatable bonds is 4. The minimum Gasteiger partial charge on any atom is -0.368 e. The number of hydrogen-bond acceptors (Lipinski definition) is 3. The van der Waals surface area contributed by atoms with E-state index >= 15 is 0 Å². The fraction of sp³-hybridized carbons (Fsp3) is 0.875. The Kier molecular flexibility index (Phi) is 3.50. The van der Waals surface area contributed by atoms with E-state index in [-0.39, 0.29) is 5.96 Å².